The molecule has 2 rings (SSSR count). The molecule has 0 aromatic heterocycles. The third-order valence-electron chi connectivity index (χ3n) is 4.77. The molecular weight excluding hydrogens is 232 g/mol. The molecule has 0 aliphatic heterocycles. The summed E-state index contributed by atoms with van der Waals surface area (Å²) in [5, 5.41) is 10.6. The van der Waals surface area contributed by atoms with Crippen molar-refractivity contribution in [3.05, 3.63) is 34.4 Å². The standard InChI is InChI=1S/C18H28O/c1-13-10-15(3)17(11-14(13)2)18(19)12-16-8-6-4-5-7-9-16/h10-11,16,18-19H,4-9,12H2,1-3H3. The van der Waals surface area contributed by atoms with Crippen LogP contribution in [0.15, 0.2) is 12.1 Å². The first-order chi connectivity index (χ1) is 9.08. The zero-order valence-corrected chi connectivity index (χ0v) is 12.7. The number of hydrogen-bond donors (Lipinski definition) is 1. The van der Waals surface area contributed by atoms with Crippen LogP contribution in [0.3, 0.4) is 0 Å². The fraction of sp³-hybridized carbons (Fsp3) is 0.667. The Morgan fingerprint density at radius 3 is 2.16 bits per heavy atom. The first-order valence-electron chi connectivity index (χ1n) is 7.83. The maximum atomic E-state index is 10.6. The molecule has 0 spiro atoms. The lowest BCUT2D eigenvalue weighted by atomic mass is 9.88. The molecule has 1 aromatic rings. The molecule has 1 fully saturated rings. The van der Waals surface area contributed by atoms with Gasteiger partial charge in [-0.3, -0.25) is 0 Å². The molecule has 1 saturated carbocycles. The van der Waals surface area contributed by atoms with Gasteiger partial charge in [0.1, 0.15) is 0 Å². The van der Waals surface area contributed by atoms with Gasteiger partial charge in [-0.1, -0.05) is 50.7 Å². The van der Waals surface area contributed by atoms with E-state index in [-0.39, 0.29) is 6.10 Å². The Bertz CT molecular complexity index is 414. The van der Waals surface area contributed by atoms with E-state index in [0.717, 1.165) is 17.9 Å². The number of aryl methyl sites for hydroxylation is 3. The van der Waals surface area contributed by atoms with Crippen LogP contribution in [0.25, 0.3) is 0 Å². The first-order valence-corrected chi connectivity index (χ1v) is 7.83. The smallest absolute Gasteiger partial charge is 0.0795 e. The summed E-state index contributed by atoms with van der Waals surface area (Å²) in [6.45, 7) is 6.40. The summed E-state index contributed by atoms with van der Waals surface area (Å²) in [6, 6.07) is 4.40. The van der Waals surface area contributed by atoms with E-state index in [1.165, 1.54) is 55.2 Å². The van der Waals surface area contributed by atoms with Crippen LogP contribution in [0, 0.1) is 26.7 Å². The summed E-state index contributed by atoms with van der Waals surface area (Å²) in [6.07, 6.45) is 8.75. The molecule has 0 heterocycles. The molecule has 1 aliphatic carbocycles. The van der Waals surface area contributed by atoms with Crippen molar-refractivity contribution in [2.75, 3.05) is 0 Å². The number of benzene rings is 1. The van der Waals surface area contributed by atoms with Gasteiger partial charge in [-0.05, 0) is 55.4 Å². The predicted octanol–water partition coefficient (Wildman–Crippen LogP) is 5.01. The Labute approximate surface area is 118 Å². The van der Waals surface area contributed by atoms with Crippen LogP contribution in [-0.2, 0) is 0 Å². The van der Waals surface area contributed by atoms with Crippen LogP contribution in [0.5, 0.6) is 0 Å². The van der Waals surface area contributed by atoms with E-state index in [1.54, 1.807) is 0 Å². The summed E-state index contributed by atoms with van der Waals surface area (Å²) >= 11 is 0. The highest BCUT2D eigenvalue weighted by Gasteiger charge is 2.19. The van der Waals surface area contributed by atoms with Crippen LogP contribution < -0.4 is 0 Å². The van der Waals surface area contributed by atoms with Gasteiger partial charge in [0.2, 0.25) is 0 Å². The SMILES string of the molecule is Cc1cc(C)c(C(O)CC2CCCCCC2)cc1C. The Hall–Kier alpha value is -0.820. The van der Waals surface area contributed by atoms with Gasteiger partial charge in [-0.15, -0.1) is 0 Å². The van der Waals surface area contributed by atoms with Crippen LogP contribution in [0.1, 0.15) is 73.3 Å². The summed E-state index contributed by atoms with van der Waals surface area (Å²) in [4.78, 5) is 0. The third kappa shape index (κ3) is 3.82. The van der Waals surface area contributed by atoms with Gasteiger partial charge in [0.15, 0.2) is 0 Å². The molecule has 0 radical (unpaired) electrons. The topological polar surface area (TPSA) is 20.2 Å². The molecule has 1 heteroatoms. The normalized spacial score (nSPS) is 19.2. The van der Waals surface area contributed by atoms with Crippen LogP contribution in [-0.4, -0.2) is 5.11 Å². The Morgan fingerprint density at radius 1 is 0.947 bits per heavy atom. The van der Waals surface area contributed by atoms with E-state index in [2.05, 4.69) is 32.9 Å². The molecule has 1 aromatic carbocycles. The van der Waals surface area contributed by atoms with Gasteiger partial charge < -0.3 is 5.11 Å². The van der Waals surface area contributed by atoms with Gasteiger partial charge in [0.25, 0.3) is 0 Å². The average Bonchev–Trinajstić information content (AvgIpc) is 2.62. The number of aliphatic hydroxyl groups is 1. The van der Waals surface area contributed by atoms with Crippen molar-refractivity contribution in [2.45, 2.75) is 71.8 Å². The Kier molecular flexibility index (Phi) is 5.04. The average molecular weight is 260 g/mol. The Morgan fingerprint density at radius 2 is 1.53 bits per heavy atom. The molecule has 0 amide bonds. The van der Waals surface area contributed by atoms with Gasteiger partial charge in [-0.25, -0.2) is 0 Å². The van der Waals surface area contributed by atoms with Crippen LogP contribution >= 0.6 is 0 Å². The lowest BCUT2D eigenvalue weighted by Crippen LogP contribution is -2.09. The van der Waals surface area contributed by atoms with Crippen molar-refractivity contribution in [2.24, 2.45) is 5.92 Å². The minimum atomic E-state index is -0.276. The number of rotatable bonds is 3. The molecule has 1 unspecified atom stereocenters. The minimum absolute atomic E-state index is 0.276. The molecule has 1 atom stereocenters. The van der Waals surface area contributed by atoms with Gasteiger partial charge in [0.05, 0.1) is 6.10 Å². The van der Waals surface area contributed by atoms with E-state index in [9.17, 15) is 5.11 Å². The highest BCUT2D eigenvalue weighted by atomic mass is 16.3. The third-order valence-corrected chi connectivity index (χ3v) is 4.77. The monoisotopic (exact) mass is 260 g/mol. The quantitative estimate of drug-likeness (QED) is 0.758. The molecule has 19 heavy (non-hydrogen) atoms. The molecule has 1 N–H and O–H groups in total. The maximum Gasteiger partial charge on any atom is 0.0795 e. The summed E-state index contributed by atoms with van der Waals surface area (Å²) < 4.78 is 0. The molecule has 0 bridgehead atoms. The second kappa shape index (κ2) is 6.56. The lowest BCUT2D eigenvalue weighted by Gasteiger charge is -2.21. The van der Waals surface area contributed by atoms with Gasteiger partial charge >= 0.3 is 0 Å². The molecular formula is C18H28O. The van der Waals surface area contributed by atoms with Crippen LogP contribution in [0.2, 0.25) is 0 Å². The van der Waals surface area contributed by atoms with Crippen molar-refractivity contribution in [3.8, 4) is 0 Å². The lowest BCUT2D eigenvalue weighted by molar-refractivity contribution is 0.138. The van der Waals surface area contributed by atoms with Crippen molar-refractivity contribution in [3.63, 3.8) is 0 Å². The maximum absolute atomic E-state index is 10.6. The van der Waals surface area contributed by atoms with E-state index >= 15 is 0 Å². The summed E-state index contributed by atoms with van der Waals surface area (Å²) in [5.74, 6) is 0.721. The number of aliphatic hydroxyl groups excluding tert-OH is 1. The molecule has 1 nitrogen and oxygen atoms in total. The number of hydrogen-bond acceptors (Lipinski definition) is 1. The van der Waals surface area contributed by atoms with Gasteiger partial charge in [0, 0.05) is 0 Å². The second-order valence-electron chi connectivity index (χ2n) is 6.40. The fourth-order valence-electron chi connectivity index (χ4n) is 3.38. The van der Waals surface area contributed by atoms with Crippen molar-refractivity contribution < 1.29 is 5.11 Å². The van der Waals surface area contributed by atoms with Gasteiger partial charge in [-0.2, -0.15) is 0 Å². The highest BCUT2D eigenvalue weighted by Crippen LogP contribution is 2.32. The summed E-state index contributed by atoms with van der Waals surface area (Å²) in [5.41, 5.74) is 5.00. The largest absolute Gasteiger partial charge is 0.388 e. The minimum Gasteiger partial charge on any atom is -0.388 e. The Balaban J connectivity index is 2.06. The molecule has 1 aliphatic rings. The summed E-state index contributed by atoms with van der Waals surface area (Å²) in [7, 11) is 0. The van der Waals surface area contributed by atoms with E-state index in [4.69, 9.17) is 0 Å². The first kappa shape index (κ1) is 14.6. The van der Waals surface area contributed by atoms with Crippen molar-refractivity contribution in [1.29, 1.82) is 0 Å². The zero-order valence-electron chi connectivity index (χ0n) is 12.7. The van der Waals surface area contributed by atoms with E-state index in [0.29, 0.717) is 0 Å². The zero-order chi connectivity index (χ0) is 13.8. The molecule has 106 valence electrons. The van der Waals surface area contributed by atoms with Crippen LogP contribution in [0.4, 0.5) is 0 Å². The highest BCUT2D eigenvalue weighted by molar-refractivity contribution is 5.37. The van der Waals surface area contributed by atoms with Crippen molar-refractivity contribution in [1.82, 2.24) is 0 Å². The predicted molar refractivity (Wildman–Crippen MR) is 81.4 cm³/mol. The fourth-order valence-corrected chi connectivity index (χ4v) is 3.38. The van der Waals surface area contributed by atoms with Crippen molar-refractivity contribution >= 4 is 0 Å². The molecule has 0 saturated heterocycles. The van der Waals surface area contributed by atoms with E-state index < -0.39 is 0 Å². The van der Waals surface area contributed by atoms with E-state index in [1.807, 2.05) is 0 Å². The second-order valence-corrected chi connectivity index (χ2v) is 6.40.